The molecule has 0 fully saturated rings. The van der Waals surface area contributed by atoms with E-state index in [0.717, 1.165) is 16.1 Å². The second-order valence-corrected chi connectivity index (χ2v) is 5.51. The molecule has 0 saturated heterocycles. The van der Waals surface area contributed by atoms with E-state index in [9.17, 15) is 4.79 Å². The van der Waals surface area contributed by atoms with Crippen molar-refractivity contribution in [3.8, 4) is 11.5 Å². The highest BCUT2D eigenvalue weighted by molar-refractivity contribution is 7.98. The van der Waals surface area contributed by atoms with Gasteiger partial charge in [0.2, 0.25) is 5.91 Å². The molecule has 1 amide bonds. The predicted molar refractivity (Wildman–Crippen MR) is 90.1 cm³/mol. The molecule has 0 aliphatic heterocycles. The van der Waals surface area contributed by atoms with Crippen molar-refractivity contribution in [1.29, 1.82) is 0 Å². The van der Waals surface area contributed by atoms with Gasteiger partial charge in [0.1, 0.15) is 11.5 Å². The molecule has 116 valence electrons. The topological polar surface area (TPSA) is 47.6 Å². The number of amides is 1. The van der Waals surface area contributed by atoms with E-state index in [-0.39, 0.29) is 12.3 Å². The van der Waals surface area contributed by atoms with Crippen LogP contribution in [0.1, 0.15) is 5.56 Å². The number of carbonyl (C=O) groups is 1. The maximum atomic E-state index is 12.2. The highest BCUT2D eigenvalue weighted by Gasteiger charge is 2.10. The summed E-state index contributed by atoms with van der Waals surface area (Å²) in [5.74, 6) is 1.27. The molecule has 0 heterocycles. The van der Waals surface area contributed by atoms with E-state index in [1.807, 2.05) is 42.7 Å². The van der Waals surface area contributed by atoms with Gasteiger partial charge in [-0.1, -0.05) is 12.1 Å². The summed E-state index contributed by atoms with van der Waals surface area (Å²) in [4.78, 5) is 13.3. The van der Waals surface area contributed by atoms with Crippen LogP contribution in [0.4, 0.5) is 5.69 Å². The fourth-order valence-corrected chi connectivity index (χ4v) is 2.54. The Morgan fingerprint density at radius 1 is 1.14 bits per heavy atom. The van der Waals surface area contributed by atoms with Crippen molar-refractivity contribution in [3.05, 3.63) is 48.0 Å². The van der Waals surface area contributed by atoms with Crippen molar-refractivity contribution >= 4 is 23.4 Å². The number of hydrogen-bond donors (Lipinski definition) is 1. The number of nitrogens with one attached hydrogen (secondary N) is 1. The van der Waals surface area contributed by atoms with Gasteiger partial charge in [-0.2, -0.15) is 0 Å². The first-order valence-electron chi connectivity index (χ1n) is 6.81. The Morgan fingerprint density at radius 3 is 2.64 bits per heavy atom. The number of thioether (sulfide) groups is 1. The number of benzene rings is 2. The molecule has 0 aliphatic rings. The third-order valence-electron chi connectivity index (χ3n) is 3.20. The van der Waals surface area contributed by atoms with Gasteiger partial charge in [-0.3, -0.25) is 4.79 Å². The summed E-state index contributed by atoms with van der Waals surface area (Å²) >= 11 is 1.64. The number of rotatable bonds is 6. The first-order valence-corrected chi connectivity index (χ1v) is 8.03. The lowest BCUT2D eigenvalue weighted by molar-refractivity contribution is -0.115. The van der Waals surface area contributed by atoms with Crippen LogP contribution in [0.15, 0.2) is 47.4 Å². The quantitative estimate of drug-likeness (QED) is 0.827. The summed E-state index contributed by atoms with van der Waals surface area (Å²) in [7, 11) is 3.18. The molecule has 4 nitrogen and oxygen atoms in total. The molecule has 22 heavy (non-hydrogen) atoms. The van der Waals surface area contributed by atoms with E-state index in [1.54, 1.807) is 32.0 Å². The molecule has 2 rings (SSSR count). The lowest BCUT2D eigenvalue weighted by atomic mass is 10.1. The van der Waals surface area contributed by atoms with E-state index >= 15 is 0 Å². The molecule has 0 aromatic heterocycles. The molecular weight excluding hydrogens is 298 g/mol. The summed E-state index contributed by atoms with van der Waals surface area (Å²) in [6, 6.07) is 13.2. The Labute approximate surface area is 134 Å². The van der Waals surface area contributed by atoms with Crippen LogP contribution in [0, 0.1) is 0 Å². The standard InChI is InChI=1S/C17H19NO3S/c1-20-14-8-7-12(16(11-14)21-2)9-17(19)18-13-5-4-6-15(10-13)22-3/h4-8,10-11H,9H2,1-3H3,(H,18,19). The van der Waals surface area contributed by atoms with Gasteiger partial charge >= 0.3 is 0 Å². The first-order chi connectivity index (χ1) is 10.7. The van der Waals surface area contributed by atoms with E-state index < -0.39 is 0 Å². The second kappa shape index (κ2) is 7.75. The van der Waals surface area contributed by atoms with Gasteiger partial charge in [-0.25, -0.2) is 0 Å². The van der Waals surface area contributed by atoms with E-state index in [4.69, 9.17) is 9.47 Å². The second-order valence-electron chi connectivity index (χ2n) is 4.63. The van der Waals surface area contributed by atoms with Crippen molar-refractivity contribution in [2.45, 2.75) is 11.3 Å². The molecule has 0 aliphatic carbocycles. The Kier molecular flexibility index (Phi) is 5.72. The minimum Gasteiger partial charge on any atom is -0.497 e. The highest BCUT2D eigenvalue weighted by Crippen LogP contribution is 2.25. The van der Waals surface area contributed by atoms with Crippen molar-refractivity contribution in [1.82, 2.24) is 0 Å². The van der Waals surface area contributed by atoms with Crippen molar-refractivity contribution < 1.29 is 14.3 Å². The average Bonchev–Trinajstić information content (AvgIpc) is 2.55. The lowest BCUT2D eigenvalue weighted by Gasteiger charge is -2.11. The van der Waals surface area contributed by atoms with E-state index in [0.29, 0.717) is 11.5 Å². The predicted octanol–water partition coefficient (Wildman–Crippen LogP) is 3.61. The molecule has 2 aromatic rings. The molecule has 0 radical (unpaired) electrons. The third-order valence-corrected chi connectivity index (χ3v) is 3.92. The molecule has 0 bridgehead atoms. The van der Waals surface area contributed by atoms with Crippen LogP contribution in [-0.2, 0) is 11.2 Å². The van der Waals surface area contributed by atoms with Crippen LogP contribution in [0.5, 0.6) is 11.5 Å². The van der Waals surface area contributed by atoms with Gasteiger partial charge in [0.05, 0.1) is 20.6 Å². The van der Waals surface area contributed by atoms with Crippen molar-refractivity contribution in [2.75, 3.05) is 25.8 Å². The molecule has 0 atom stereocenters. The van der Waals surface area contributed by atoms with Crippen LogP contribution >= 0.6 is 11.8 Å². The smallest absolute Gasteiger partial charge is 0.228 e. The summed E-state index contributed by atoms with van der Waals surface area (Å²) in [6.45, 7) is 0. The highest BCUT2D eigenvalue weighted by atomic mass is 32.2. The minimum absolute atomic E-state index is 0.0817. The molecule has 0 unspecified atom stereocenters. The van der Waals surface area contributed by atoms with Gasteiger partial charge in [0.15, 0.2) is 0 Å². The van der Waals surface area contributed by atoms with Gasteiger partial charge in [-0.15, -0.1) is 11.8 Å². The maximum absolute atomic E-state index is 12.2. The van der Waals surface area contributed by atoms with Crippen LogP contribution in [0.25, 0.3) is 0 Å². The molecule has 0 spiro atoms. The Hall–Kier alpha value is -2.14. The number of carbonyl (C=O) groups excluding carboxylic acids is 1. The van der Waals surface area contributed by atoms with E-state index in [2.05, 4.69) is 5.32 Å². The van der Waals surface area contributed by atoms with Crippen LogP contribution < -0.4 is 14.8 Å². The average molecular weight is 317 g/mol. The number of ether oxygens (including phenoxy) is 2. The van der Waals surface area contributed by atoms with Gasteiger partial charge in [0.25, 0.3) is 0 Å². The van der Waals surface area contributed by atoms with Crippen molar-refractivity contribution in [2.24, 2.45) is 0 Å². The molecule has 0 saturated carbocycles. The Morgan fingerprint density at radius 2 is 1.95 bits per heavy atom. The number of anilines is 1. The van der Waals surface area contributed by atoms with Gasteiger partial charge in [0, 0.05) is 22.2 Å². The zero-order valence-electron chi connectivity index (χ0n) is 12.9. The van der Waals surface area contributed by atoms with E-state index in [1.165, 1.54) is 0 Å². The largest absolute Gasteiger partial charge is 0.497 e. The lowest BCUT2D eigenvalue weighted by Crippen LogP contribution is -2.15. The van der Waals surface area contributed by atoms with Gasteiger partial charge < -0.3 is 14.8 Å². The minimum atomic E-state index is -0.0817. The molecule has 5 heteroatoms. The summed E-state index contributed by atoms with van der Waals surface area (Å²) in [5, 5.41) is 2.91. The van der Waals surface area contributed by atoms with Crippen LogP contribution in [-0.4, -0.2) is 26.4 Å². The number of methoxy groups -OCH3 is 2. The monoisotopic (exact) mass is 317 g/mol. The normalized spacial score (nSPS) is 10.1. The van der Waals surface area contributed by atoms with Crippen LogP contribution in [0.2, 0.25) is 0 Å². The van der Waals surface area contributed by atoms with Crippen LogP contribution in [0.3, 0.4) is 0 Å². The Bertz CT molecular complexity index is 658. The third kappa shape index (κ3) is 4.18. The molecular formula is C17H19NO3S. The summed E-state index contributed by atoms with van der Waals surface area (Å²) < 4.78 is 10.5. The SMILES string of the molecule is COc1ccc(CC(=O)Nc2cccc(SC)c2)c(OC)c1. The summed E-state index contributed by atoms with van der Waals surface area (Å²) in [6.07, 6.45) is 2.25. The summed E-state index contributed by atoms with van der Waals surface area (Å²) in [5.41, 5.74) is 1.62. The first kappa shape index (κ1) is 16.2. The molecule has 1 N–H and O–H groups in total. The fourth-order valence-electron chi connectivity index (χ4n) is 2.08. The molecule has 2 aromatic carbocycles. The zero-order chi connectivity index (χ0) is 15.9. The zero-order valence-corrected chi connectivity index (χ0v) is 13.7. The maximum Gasteiger partial charge on any atom is 0.228 e. The Balaban J connectivity index is 2.08. The van der Waals surface area contributed by atoms with Gasteiger partial charge in [-0.05, 0) is 30.5 Å². The van der Waals surface area contributed by atoms with Crippen molar-refractivity contribution in [3.63, 3.8) is 0 Å². The number of hydrogen-bond acceptors (Lipinski definition) is 4. The fraction of sp³-hybridized carbons (Fsp3) is 0.235.